The van der Waals surface area contributed by atoms with Gasteiger partial charge in [0.05, 0.1) is 18.9 Å². The molecule has 0 spiro atoms. The second-order valence-corrected chi connectivity index (χ2v) is 8.32. The summed E-state index contributed by atoms with van der Waals surface area (Å²) in [6.07, 6.45) is 6.87. The van der Waals surface area contributed by atoms with Crippen LogP contribution in [0.1, 0.15) is 45.7 Å². The van der Waals surface area contributed by atoms with E-state index in [0.29, 0.717) is 24.1 Å². The smallest absolute Gasteiger partial charge is 0.194 e. The highest BCUT2D eigenvalue weighted by Crippen LogP contribution is 2.29. The third-order valence-electron chi connectivity index (χ3n) is 5.69. The largest absolute Gasteiger partial charge is 0.357 e. The Bertz CT molecular complexity index is 790. The fourth-order valence-corrected chi connectivity index (χ4v) is 3.89. The van der Waals surface area contributed by atoms with E-state index in [1.807, 2.05) is 44.7 Å². The van der Waals surface area contributed by atoms with Gasteiger partial charge in [-0.25, -0.2) is 9.37 Å². The lowest BCUT2D eigenvalue weighted by Gasteiger charge is -2.39. The van der Waals surface area contributed by atoms with Crippen LogP contribution in [-0.4, -0.2) is 46.6 Å². The third-order valence-corrected chi connectivity index (χ3v) is 5.69. The molecule has 1 aromatic carbocycles. The number of aliphatic imine (C=N–C) groups is 1. The van der Waals surface area contributed by atoms with Crippen molar-refractivity contribution in [3.8, 4) is 0 Å². The van der Waals surface area contributed by atoms with E-state index >= 15 is 0 Å². The standard InChI is InChI=1S/C22H32FN5.HI/c1-5-25-21(26-15-22(3,4)18-8-6-7-9-19(18)23)27-12-10-17(2)20(14-27)28-13-11-24-16-28;/h6-9,11,13,16-17,20H,5,10,12,14-15H2,1-4H3,(H,25,26);1H. The molecule has 1 N–H and O–H groups in total. The first-order valence-corrected chi connectivity index (χ1v) is 10.2. The summed E-state index contributed by atoms with van der Waals surface area (Å²) in [4.78, 5) is 11.4. The minimum absolute atomic E-state index is 0. The Morgan fingerprint density at radius 2 is 2.10 bits per heavy atom. The monoisotopic (exact) mass is 513 g/mol. The predicted molar refractivity (Wildman–Crippen MR) is 127 cm³/mol. The molecule has 1 aromatic heterocycles. The van der Waals surface area contributed by atoms with Crippen LogP contribution in [0, 0.1) is 11.7 Å². The molecule has 1 aliphatic rings. The maximum absolute atomic E-state index is 14.3. The number of halogens is 2. The maximum Gasteiger partial charge on any atom is 0.194 e. The average Bonchev–Trinajstić information content (AvgIpc) is 3.20. The Hall–Kier alpha value is -1.64. The van der Waals surface area contributed by atoms with Crippen molar-refractivity contribution in [2.75, 3.05) is 26.2 Å². The molecular formula is C22H33FIN5. The molecule has 7 heteroatoms. The molecule has 5 nitrogen and oxygen atoms in total. The topological polar surface area (TPSA) is 45.5 Å². The van der Waals surface area contributed by atoms with Gasteiger partial charge in [0.2, 0.25) is 0 Å². The van der Waals surface area contributed by atoms with Gasteiger partial charge < -0.3 is 14.8 Å². The number of likely N-dealkylation sites (tertiary alicyclic amines) is 1. The van der Waals surface area contributed by atoms with Crippen molar-refractivity contribution in [3.05, 3.63) is 54.4 Å². The van der Waals surface area contributed by atoms with Gasteiger partial charge in [0.1, 0.15) is 5.82 Å². The number of nitrogens with one attached hydrogen (secondary N) is 1. The lowest BCUT2D eigenvalue weighted by atomic mass is 9.84. The van der Waals surface area contributed by atoms with Crippen molar-refractivity contribution >= 4 is 29.9 Å². The predicted octanol–water partition coefficient (Wildman–Crippen LogP) is 4.47. The van der Waals surface area contributed by atoms with Crippen LogP contribution in [-0.2, 0) is 5.41 Å². The summed E-state index contributed by atoms with van der Waals surface area (Å²) in [5, 5.41) is 3.43. The summed E-state index contributed by atoms with van der Waals surface area (Å²) in [6.45, 7) is 11.7. The first-order valence-electron chi connectivity index (χ1n) is 10.2. The van der Waals surface area contributed by atoms with Crippen LogP contribution in [0.5, 0.6) is 0 Å². The molecule has 2 atom stereocenters. The van der Waals surface area contributed by atoms with E-state index in [9.17, 15) is 4.39 Å². The number of benzene rings is 1. The third kappa shape index (κ3) is 5.71. The molecule has 0 amide bonds. The first-order chi connectivity index (χ1) is 13.4. The molecule has 29 heavy (non-hydrogen) atoms. The minimum atomic E-state index is -0.376. The highest BCUT2D eigenvalue weighted by atomic mass is 127. The van der Waals surface area contributed by atoms with Gasteiger partial charge in [0.15, 0.2) is 5.96 Å². The van der Waals surface area contributed by atoms with Gasteiger partial charge in [-0.05, 0) is 30.9 Å². The second kappa shape index (κ2) is 10.4. The normalized spacial score (nSPS) is 20.3. The van der Waals surface area contributed by atoms with Crippen LogP contribution in [0.15, 0.2) is 48.0 Å². The summed E-state index contributed by atoms with van der Waals surface area (Å²) < 4.78 is 16.5. The number of piperidine rings is 1. The zero-order chi connectivity index (χ0) is 20.1. The molecule has 2 heterocycles. The number of rotatable bonds is 5. The number of hydrogen-bond acceptors (Lipinski definition) is 2. The summed E-state index contributed by atoms with van der Waals surface area (Å²) in [5.74, 6) is 1.33. The zero-order valence-corrected chi connectivity index (χ0v) is 20.1. The van der Waals surface area contributed by atoms with Gasteiger partial charge in [-0.2, -0.15) is 0 Å². The summed E-state index contributed by atoms with van der Waals surface area (Å²) in [5.41, 5.74) is 0.330. The molecule has 0 saturated carbocycles. The zero-order valence-electron chi connectivity index (χ0n) is 17.8. The van der Waals surface area contributed by atoms with Crippen molar-refractivity contribution in [1.29, 1.82) is 0 Å². The molecule has 0 aliphatic carbocycles. The van der Waals surface area contributed by atoms with Gasteiger partial charge in [0, 0.05) is 37.4 Å². The van der Waals surface area contributed by atoms with Gasteiger partial charge in [0.25, 0.3) is 0 Å². The lowest BCUT2D eigenvalue weighted by molar-refractivity contribution is 0.188. The van der Waals surface area contributed by atoms with Gasteiger partial charge >= 0.3 is 0 Å². The number of nitrogens with zero attached hydrogens (tertiary/aromatic N) is 4. The molecule has 1 fully saturated rings. The molecule has 2 unspecified atom stereocenters. The highest BCUT2D eigenvalue weighted by molar-refractivity contribution is 14.0. The van der Waals surface area contributed by atoms with Crippen molar-refractivity contribution in [3.63, 3.8) is 0 Å². The van der Waals surface area contributed by atoms with Crippen molar-refractivity contribution in [2.45, 2.75) is 45.6 Å². The Morgan fingerprint density at radius 3 is 2.76 bits per heavy atom. The summed E-state index contributed by atoms with van der Waals surface area (Å²) in [7, 11) is 0. The van der Waals surface area contributed by atoms with Crippen molar-refractivity contribution in [2.24, 2.45) is 10.9 Å². The van der Waals surface area contributed by atoms with E-state index in [1.165, 1.54) is 6.07 Å². The van der Waals surface area contributed by atoms with Gasteiger partial charge in [-0.15, -0.1) is 24.0 Å². The molecule has 1 saturated heterocycles. The number of imidazole rings is 1. The van der Waals surface area contributed by atoms with Crippen LogP contribution >= 0.6 is 24.0 Å². The Kier molecular flexibility index (Phi) is 8.48. The van der Waals surface area contributed by atoms with Crippen molar-refractivity contribution < 1.29 is 4.39 Å². The van der Waals surface area contributed by atoms with E-state index in [0.717, 1.165) is 32.0 Å². The molecule has 2 aromatic rings. The maximum atomic E-state index is 14.3. The van der Waals surface area contributed by atoms with Crippen LogP contribution in [0.4, 0.5) is 4.39 Å². The SMILES string of the molecule is CCNC(=NCC(C)(C)c1ccccc1F)N1CCC(C)C(n2ccnc2)C1.I. The molecular weight excluding hydrogens is 480 g/mol. The number of guanidine groups is 1. The summed E-state index contributed by atoms with van der Waals surface area (Å²) >= 11 is 0. The second-order valence-electron chi connectivity index (χ2n) is 8.32. The van der Waals surface area contributed by atoms with E-state index in [-0.39, 0.29) is 35.2 Å². The Labute approximate surface area is 190 Å². The van der Waals surface area contributed by atoms with Crippen LogP contribution in [0.25, 0.3) is 0 Å². The molecule has 3 rings (SSSR count). The highest BCUT2D eigenvalue weighted by Gasteiger charge is 2.30. The Balaban J connectivity index is 0.00000300. The number of aromatic nitrogens is 2. The van der Waals surface area contributed by atoms with Gasteiger partial charge in [-0.3, -0.25) is 4.99 Å². The molecule has 1 aliphatic heterocycles. The average molecular weight is 513 g/mol. The number of hydrogen-bond donors (Lipinski definition) is 1. The fourth-order valence-electron chi connectivity index (χ4n) is 3.89. The first kappa shape index (κ1) is 23.6. The van der Waals surface area contributed by atoms with Crippen molar-refractivity contribution in [1.82, 2.24) is 19.8 Å². The van der Waals surface area contributed by atoms with E-state index < -0.39 is 0 Å². The molecule has 160 valence electrons. The van der Waals surface area contributed by atoms with E-state index in [4.69, 9.17) is 4.99 Å². The van der Waals surface area contributed by atoms with E-state index in [2.05, 4.69) is 33.6 Å². The molecule has 0 radical (unpaired) electrons. The van der Waals surface area contributed by atoms with Crippen LogP contribution in [0.3, 0.4) is 0 Å². The molecule has 0 bridgehead atoms. The quantitative estimate of drug-likeness (QED) is 0.365. The lowest BCUT2D eigenvalue weighted by Crippen LogP contribution is -2.49. The fraction of sp³-hybridized carbons (Fsp3) is 0.545. The minimum Gasteiger partial charge on any atom is -0.357 e. The Morgan fingerprint density at radius 1 is 1.34 bits per heavy atom. The van der Waals surface area contributed by atoms with Crippen LogP contribution < -0.4 is 5.32 Å². The van der Waals surface area contributed by atoms with E-state index in [1.54, 1.807) is 6.07 Å². The van der Waals surface area contributed by atoms with Crippen LogP contribution in [0.2, 0.25) is 0 Å². The van der Waals surface area contributed by atoms with Gasteiger partial charge in [-0.1, -0.05) is 39.0 Å². The summed E-state index contributed by atoms with van der Waals surface area (Å²) in [6, 6.07) is 7.37.